The van der Waals surface area contributed by atoms with Gasteiger partial charge in [-0.05, 0) is 88.0 Å². The maximum atomic E-state index is 12.8. The highest BCUT2D eigenvalue weighted by Crippen LogP contribution is 2.70. The zero-order valence-corrected chi connectivity index (χ0v) is 29.8. The number of aliphatic hydroxyl groups is 4. The first-order chi connectivity index (χ1) is 23.0. The number of carbonyl (C=O) groups is 1. The van der Waals surface area contributed by atoms with Gasteiger partial charge in [-0.25, -0.2) is 4.79 Å². The van der Waals surface area contributed by atoms with Crippen molar-refractivity contribution in [3.8, 4) is 0 Å². The molecule has 9 nitrogen and oxygen atoms in total. The summed E-state index contributed by atoms with van der Waals surface area (Å²) in [6.07, 6.45) is 17.2. The summed E-state index contributed by atoms with van der Waals surface area (Å²) in [5.41, 5.74) is -1.80. The van der Waals surface area contributed by atoms with E-state index in [2.05, 4.69) is 20.1 Å². The number of aliphatic hydroxyl groups excluding tert-OH is 2. The van der Waals surface area contributed by atoms with Gasteiger partial charge in [0.1, 0.15) is 12.7 Å². The average molecular weight is 674 g/mol. The molecular formula is C39H63NO8. The van der Waals surface area contributed by atoms with Crippen molar-refractivity contribution in [2.24, 2.45) is 33.6 Å². The number of carbonyl (C=O) groups excluding carboxylic acids is 1. The number of esters is 1. The number of unbranched alkanes of at least 4 members (excludes halogenated alkanes) is 7. The van der Waals surface area contributed by atoms with Crippen LogP contribution in [-0.4, -0.2) is 87.7 Å². The van der Waals surface area contributed by atoms with Crippen LogP contribution in [0.25, 0.3) is 0 Å². The third-order valence-corrected chi connectivity index (χ3v) is 14.1. The summed E-state index contributed by atoms with van der Waals surface area (Å²) in [7, 11) is 0. The predicted molar refractivity (Wildman–Crippen MR) is 183 cm³/mol. The standard InChI is InChI=1S/C39H63NO8/c1-4-5-6-7-8-9-10-11-20-40-25-37-17-12-28(48-34-22-32(41)35(43)26(2)47-34)23-38(37,44)18-14-31-30(37)13-16-36(3)29(15-19-39(31,36)45)27-21-33(42)46-24-27/h21,25-26,28-32,34-35,41,43-45H,4-20,22-24H2,1-3H3/t26-,28-,29-,30-,31+,32-,34+,35+,36-,37-,38+,39+/m0/s1. The third-order valence-electron chi connectivity index (χ3n) is 14.1. The Hall–Kier alpha value is -1.36. The minimum Gasteiger partial charge on any atom is -0.458 e. The fourth-order valence-corrected chi connectivity index (χ4v) is 11.3. The summed E-state index contributed by atoms with van der Waals surface area (Å²) in [6.45, 7) is 7.31. The van der Waals surface area contributed by atoms with Crippen LogP contribution in [-0.2, 0) is 19.0 Å². The summed E-state index contributed by atoms with van der Waals surface area (Å²) in [5, 5.41) is 46.1. The molecule has 4 saturated carbocycles. The maximum Gasteiger partial charge on any atom is 0.331 e. The molecule has 0 amide bonds. The van der Waals surface area contributed by atoms with Crippen LogP contribution >= 0.6 is 0 Å². The van der Waals surface area contributed by atoms with Crippen LogP contribution in [0, 0.1) is 28.6 Å². The Morgan fingerprint density at radius 3 is 2.40 bits per heavy atom. The summed E-state index contributed by atoms with van der Waals surface area (Å²) in [4.78, 5) is 17.1. The molecular weight excluding hydrogens is 610 g/mol. The van der Waals surface area contributed by atoms with Crippen LogP contribution in [0.4, 0.5) is 0 Å². The first-order valence-electron chi connectivity index (χ1n) is 19.5. The minimum atomic E-state index is -1.03. The molecule has 1 saturated heterocycles. The van der Waals surface area contributed by atoms with Crippen molar-refractivity contribution in [3.05, 3.63) is 11.6 Å². The van der Waals surface area contributed by atoms with E-state index in [0.717, 1.165) is 50.6 Å². The largest absolute Gasteiger partial charge is 0.458 e. The summed E-state index contributed by atoms with van der Waals surface area (Å²) in [5.74, 6) is -0.0240. The Bertz CT molecular complexity index is 1180. The molecule has 0 aromatic rings. The van der Waals surface area contributed by atoms with Gasteiger partial charge in [0.05, 0.1) is 29.5 Å². The molecule has 0 radical (unpaired) electrons. The molecule has 6 aliphatic rings. The predicted octanol–water partition coefficient (Wildman–Crippen LogP) is 5.79. The molecule has 0 unspecified atom stereocenters. The normalized spacial score (nSPS) is 45.8. The number of hydrogen-bond donors (Lipinski definition) is 4. The van der Waals surface area contributed by atoms with Gasteiger partial charge in [-0.2, -0.15) is 0 Å². The lowest BCUT2D eigenvalue weighted by Crippen LogP contribution is -2.69. The SMILES string of the molecule is CCCCCCCCCCN=C[C@]12CC[C@H](O[C@@H]3C[C@H](O)[C@H](O)[C@H](C)O3)C[C@]1(O)CC[C@@H]1[C@@H]2CC[C@@]2(C)[C@H](C3=CC(=O)OC3)CC[C@@]12O. The van der Waals surface area contributed by atoms with E-state index in [1.165, 1.54) is 44.9 Å². The topological polar surface area (TPSA) is 138 Å². The van der Waals surface area contributed by atoms with Crippen molar-refractivity contribution in [3.63, 3.8) is 0 Å². The van der Waals surface area contributed by atoms with Gasteiger partial charge in [-0.3, -0.25) is 4.99 Å². The van der Waals surface area contributed by atoms with Crippen LogP contribution in [0.1, 0.15) is 136 Å². The van der Waals surface area contributed by atoms with Crippen LogP contribution in [0.3, 0.4) is 0 Å². The van der Waals surface area contributed by atoms with Crippen LogP contribution in [0.2, 0.25) is 0 Å². The third kappa shape index (κ3) is 6.58. The molecule has 48 heavy (non-hydrogen) atoms. The van der Waals surface area contributed by atoms with Gasteiger partial charge in [0.2, 0.25) is 0 Å². The molecule has 9 heteroatoms. The van der Waals surface area contributed by atoms with E-state index in [-0.39, 0.29) is 41.7 Å². The maximum absolute atomic E-state index is 12.8. The van der Waals surface area contributed by atoms with E-state index >= 15 is 0 Å². The molecule has 0 aromatic heterocycles. The average Bonchev–Trinajstić information content (AvgIpc) is 3.60. The number of cyclic esters (lactones) is 1. The molecule has 0 bridgehead atoms. The van der Waals surface area contributed by atoms with Crippen molar-refractivity contribution >= 4 is 12.2 Å². The molecule has 0 aromatic carbocycles. The number of nitrogens with zero attached hydrogens (tertiary/aromatic N) is 1. The van der Waals surface area contributed by atoms with Crippen LogP contribution in [0.5, 0.6) is 0 Å². The molecule has 12 atom stereocenters. The monoisotopic (exact) mass is 673 g/mol. The summed E-state index contributed by atoms with van der Waals surface area (Å²) >= 11 is 0. The van der Waals surface area contributed by atoms with Crippen molar-refractivity contribution in [2.75, 3.05) is 13.2 Å². The second-order valence-electron chi connectivity index (χ2n) is 16.7. The zero-order valence-electron chi connectivity index (χ0n) is 29.8. The van der Waals surface area contributed by atoms with Crippen LogP contribution in [0.15, 0.2) is 16.6 Å². The van der Waals surface area contributed by atoms with E-state index in [0.29, 0.717) is 32.3 Å². The Balaban J connectivity index is 1.19. The molecule has 4 aliphatic carbocycles. The van der Waals surface area contributed by atoms with Gasteiger partial charge in [0.15, 0.2) is 6.29 Å². The highest BCUT2D eigenvalue weighted by Gasteiger charge is 2.71. The zero-order chi connectivity index (χ0) is 34.2. The molecule has 2 heterocycles. The van der Waals surface area contributed by atoms with Gasteiger partial charge in [-0.1, -0.05) is 58.8 Å². The Kier molecular flexibility index (Phi) is 11.2. The number of hydrogen-bond acceptors (Lipinski definition) is 9. The van der Waals surface area contributed by atoms with Crippen molar-refractivity contribution in [2.45, 2.75) is 178 Å². The molecule has 4 N–H and O–H groups in total. The van der Waals surface area contributed by atoms with E-state index < -0.39 is 41.2 Å². The number of fused-ring (bicyclic) bond motifs is 5. The fourth-order valence-electron chi connectivity index (χ4n) is 11.3. The quantitative estimate of drug-likeness (QED) is 0.0835. The van der Waals surface area contributed by atoms with E-state index in [1.54, 1.807) is 13.0 Å². The lowest BCUT2D eigenvalue weighted by molar-refractivity contribution is -0.282. The lowest BCUT2D eigenvalue weighted by atomic mass is 9.41. The second-order valence-corrected chi connectivity index (χ2v) is 16.7. The highest BCUT2D eigenvalue weighted by atomic mass is 16.7. The Morgan fingerprint density at radius 2 is 1.69 bits per heavy atom. The molecule has 2 aliphatic heterocycles. The van der Waals surface area contributed by atoms with E-state index in [4.69, 9.17) is 19.2 Å². The second kappa shape index (κ2) is 14.7. The molecule has 5 fully saturated rings. The Morgan fingerprint density at radius 1 is 0.958 bits per heavy atom. The fraction of sp³-hybridized carbons (Fsp3) is 0.897. The van der Waals surface area contributed by atoms with E-state index in [9.17, 15) is 25.2 Å². The van der Waals surface area contributed by atoms with Gasteiger partial charge in [-0.15, -0.1) is 0 Å². The smallest absolute Gasteiger partial charge is 0.331 e. The van der Waals surface area contributed by atoms with Crippen molar-refractivity contribution in [1.29, 1.82) is 0 Å². The Labute approximate surface area is 287 Å². The molecule has 6 rings (SSSR count). The lowest BCUT2D eigenvalue weighted by Gasteiger charge is -2.66. The van der Waals surface area contributed by atoms with Gasteiger partial charge in [0.25, 0.3) is 0 Å². The van der Waals surface area contributed by atoms with Crippen LogP contribution < -0.4 is 0 Å². The highest BCUT2D eigenvalue weighted by molar-refractivity contribution is 5.85. The van der Waals surface area contributed by atoms with Crippen molar-refractivity contribution in [1.82, 2.24) is 0 Å². The number of aliphatic imine (C=N–C) groups is 1. The van der Waals surface area contributed by atoms with Gasteiger partial charge in [0, 0.05) is 42.5 Å². The first-order valence-corrected chi connectivity index (χ1v) is 19.5. The van der Waals surface area contributed by atoms with E-state index in [1.807, 2.05) is 0 Å². The number of rotatable bonds is 13. The summed E-state index contributed by atoms with van der Waals surface area (Å²) in [6, 6.07) is 0. The first kappa shape index (κ1) is 36.4. The van der Waals surface area contributed by atoms with Gasteiger partial charge < -0.3 is 34.6 Å². The summed E-state index contributed by atoms with van der Waals surface area (Å²) < 4.78 is 17.6. The van der Waals surface area contributed by atoms with Crippen molar-refractivity contribution < 1.29 is 39.4 Å². The van der Waals surface area contributed by atoms with Gasteiger partial charge >= 0.3 is 5.97 Å². The molecule has 0 spiro atoms. The minimum absolute atomic E-state index is 0.0337. The number of ether oxygens (including phenoxy) is 3. The molecule has 272 valence electrons.